The largest absolute Gasteiger partial charge is 0.378 e. The van der Waals surface area contributed by atoms with E-state index in [1.54, 1.807) is 6.07 Å². The molecule has 0 unspecified atom stereocenters. The molecule has 3 heteroatoms. The van der Waals surface area contributed by atoms with Gasteiger partial charge in [0.1, 0.15) is 5.82 Å². The van der Waals surface area contributed by atoms with E-state index in [4.69, 9.17) is 9.47 Å². The van der Waals surface area contributed by atoms with E-state index in [9.17, 15) is 4.39 Å². The summed E-state index contributed by atoms with van der Waals surface area (Å²) >= 11 is 0. The van der Waals surface area contributed by atoms with Gasteiger partial charge in [-0.2, -0.15) is 0 Å². The highest BCUT2D eigenvalue weighted by Crippen LogP contribution is 2.27. The molecule has 1 aromatic rings. The molecule has 0 amide bonds. The minimum atomic E-state index is -0.195. The molecule has 0 atom stereocenters. The van der Waals surface area contributed by atoms with Crippen molar-refractivity contribution in [2.24, 2.45) is 0 Å². The van der Waals surface area contributed by atoms with Crippen LogP contribution in [0.15, 0.2) is 24.3 Å². The van der Waals surface area contributed by atoms with Crippen LogP contribution in [0.3, 0.4) is 0 Å². The molecule has 0 spiro atoms. The summed E-state index contributed by atoms with van der Waals surface area (Å²) in [7, 11) is 0. The van der Waals surface area contributed by atoms with E-state index >= 15 is 0 Å². The van der Waals surface area contributed by atoms with Crippen LogP contribution < -0.4 is 0 Å². The second kappa shape index (κ2) is 5.23. The average molecular weight is 222 g/mol. The molecule has 1 aromatic carbocycles. The number of ether oxygens (including phenoxy) is 2. The van der Waals surface area contributed by atoms with Crippen molar-refractivity contribution in [3.8, 4) is 0 Å². The lowest BCUT2D eigenvalue weighted by Gasteiger charge is -2.20. The van der Waals surface area contributed by atoms with Crippen molar-refractivity contribution in [2.75, 3.05) is 19.8 Å². The lowest BCUT2D eigenvalue weighted by atomic mass is 9.98. The summed E-state index contributed by atoms with van der Waals surface area (Å²) in [6.45, 7) is 4.06. The van der Waals surface area contributed by atoms with Gasteiger partial charge in [0.05, 0.1) is 19.8 Å². The minimum absolute atomic E-state index is 0.195. The highest BCUT2D eigenvalue weighted by Gasteiger charge is 2.17. The van der Waals surface area contributed by atoms with Crippen LogP contribution in [-0.4, -0.2) is 19.8 Å². The van der Waals surface area contributed by atoms with Crippen LogP contribution in [0, 0.1) is 5.82 Å². The summed E-state index contributed by atoms with van der Waals surface area (Å²) < 4.78 is 24.1. The van der Waals surface area contributed by atoms with Crippen LogP contribution in [0.25, 0.3) is 5.57 Å². The fourth-order valence-electron chi connectivity index (χ4n) is 1.79. The van der Waals surface area contributed by atoms with Crippen molar-refractivity contribution in [1.82, 2.24) is 0 Å². The van der Waals surface area contributed by atoms with E-state index in [1.807, 2.05) is 19.1 Å². The van der Waals surface area contributed by atoms with E-state index in [2.05, 4.69) is 0 Å². The summed E-state index contributed by atoms with van der Waals surface area (Å²) in [6, 6.07) is 5.13. The molecule has 86 valence electrons. The van der Waals surface area contributed by atoms with Gasteiger partial charge in [0.25, 0.3) is 0 Å². The van der Waals surface area contributed by atoms with Crippen molar-refractivity contribution in [2.45, 2.75) is 13.5 Å². The van der Waals surface area contributed by atoms with E-state index in [0.29, 0.717) is 32.0 Å². The second-order valence-electron chi connectivity index (χ2n) is 3.65. The van der Waals surface area contributed by atoms with E-state index in [0.717, 1.165) is 11.1 Å². The van der Waals surface area contributed by atoms with Gasteiger partial charge >= 0.3 is 0 Å². The van der Waals surface area contributed by atoms with Crippen molar-refractivity contribution >= 4 is 5.57 Å². The van der Waals surface area contributed by atoms with Crippen molar-refractivity contribution in [3.05, 3.63) is 41.2 Å². The summed E-state index contributed by atoms with van der Waals surface area (Å²) in [4.78, 5) is 0. The molecule has 0 N–H and O–H groups in total. The van der Waals surface area contributed by atoms with Crippen LogP contribution in [-0.2, 0) is 16.1 Å². The zero-order valence-electron chi connectivity index (χ0n) is 9.33. The summed E-state index contributed by atoms with van der Waals surface area (Å²) in [5.74, 6) is -0.195. The molecule has 1 aliphatic heterocycles. The Bertz CT molecular complexity index is 399. The first-order valence-corrected chi connectivity index (χ1v) is 5.45. The summed E-state index contributed by atoms with van der Waals surface area (Å²) in [5.41, 5.74) is 2.61. The van der Waals surface area contributed by atoms with Crippen LogP contribution in [0.5, 0.6) is 0 Å². The first kappa shape index (κ1) is 11.3. The Balaban J connectivity index is 2.26. The molecule has 0 fully saturated rings. The van der Waals surface area contributed by atoms with Crippen LogP contribution in [0.4, 0.5) is 4.39 Å². The van der Waals surface area contributed by atoms with Gasteiger partial charge in [-0.25, -0.2) is 4.39 Å². The first-order chi connectivity index (χ1) is 7.83. The number of hydrogen-bond donors (Lipinski definition) is 0. The topological polar surface area (TPSA) is 18.5 Å². The van der Waals surface area contributed by atoms with Crippen molar-refractivity contribution in [1.29, 1.82) is 0 Å². The SMILES string of the molecule is CCOC/C=C1/COCc2c(F)cccc21. The summed E-state index contributed by atoms with van der Waals surface area (Å²) in [6.07, 6.45) is 1.96. The maximum atomic E-state index is 13.5. The number of hydrogen-bond acceptors (Lipinski definition) is 2. The first-order valence-electron chi connectivity index (χ1n) is 5.45. The Morgan fingerprint density at radius 2 is 2.31 bits per heavy atom. The zero-order chi connectivity index (χ0) is 11.4. The molecule has 2 rings (SSSR count). The minimum Gasteiger partial charge on any atom is -0.378 e. The lowest BCUT2D eigenvalue weighted by Crippen LogP contribution is -2.11. The second-order valence-corrected chi connectivity index (χ2v) is 3.65. The van der Waals surface area contributed by atoms with Gasteiger partial charge in [0.2, 0.25) is 0 Å². The highest BCUT2D eigenvalue weighted by molar-refractivity contribution is 5.70. The Hall–Kier alpha value is -1.19. The van der Waals surface area contributed by atoms with Crippen molar-refractivity contribution in [3.63, 3.8) is 0 Å². The molecule has 0 saturated carbocycles. The maximum Gasteiger partial charge on any atom is 0.129 e. The third-order valence-corrected chi connectivity index (χ3v) is 2.62. The van der Waals surface area contributed by atoms with E-state index in [-0.39, 0.29) is 5.82 Å². The molecule has 1 aliphatic rings. The zero-order valence-corrected chi connectivity index (χ0v) is 9.33. The van der Waals surface area contributed by atoms with E-state index in [1.165, 1.54) is 6.07 Å². The molecule has 0 aliphatic carbocycles. The van der Waals surface area contributed by atoms with Gasteiger partial charge in [-0.15, -0.1) is 0 Å². The molecular formula is C13H15FO2. The number of fused-ring (bicyclic) bond motifs is 1. The fraction of sp³-hybridized carbons (Fsp3) is 0.385. The molecule has 16 heavy (non-hydrogen) atoms. The molecule has 0 radical (unpaired) electrons. The van der Waals surface area contributed by atoms with Gasteiger partial charge in [-0.1, -0.05) is 18.2 Å². The number of halogens is 1. The Morgan fingerprint density at radius 1 is 1.44 bits per heavy atom. The van der Waals surface area contributed by atoms with Gasteiger partial charge in [0.15, 0.2) is 0 Å². The van der Waals surface area contributed by atoms with Gasteiger partial charge in [-0.3, -0.25) is 0 Å². The maximum absolute atomic E-state index is 13.5. The average Bonchev–Trinajstić information content (AvgIpc) is 2.31. The quantitative estimate of drug-likeness (QED) is 0.732. The number of benzene rings is 1. The smallest absolute Gasteiger partial charge is 0.129 e. The van der Waals surface area contributed by atoms with Crippen molar-refractivity contribution < 1.29 is 13.9 Å². The third-order valence-electron chi connectivity index (χ3n) is 2.62. The number of rotatable bonds is 3. The molecule has 0 bridgehead atoms. The predicted molar refractivity (Wildman–Crippen MR) is 60.5 cm³/mol. The monoisotopic (exact) mass is 222 g/mol. The Kier molecular flexibility index (Phi) is 3.70. The van der Waals surface area contributed by atoms with Gasteiger partial charge in [0, 0.05) is 12.2 Å². The van der Waals surface area contributed by atoms with Gasteiger partial charge in [-0.05, 0) is 24.1 Å². The highest BCUT2D eigenvalue weighted by atomic mass is 19.1. The lowest BCUT2D eigenvalue weighted by molar-refractivity contribution is 0.141. The molecule has 1 heterocycles. The normalized spacial score (nSPS) is 17.5. The molecular weight excluding hydrogens is 207 g/mol. The summed E-state index contributed by atoms with van der Waals surface area (Å²) in [5, 5.41) is 0. The molecule has 0 saturated heterocycles. The van der Waals surface area contributed by atoms with E-state index < -0.39 is 0 Å². The Morgan fingerprint density at radius 3 is 3.12 bits per heavy atom. The Labute approximate surface area is 94.7 Å². The van der Waals surface area contributed by atoms with Crippen LogP contribution in [0.2, 0.25) is 0 Å². The molecule has 2 nitrogen and oxygen atoms in total. The van der Waals surface area contributed by atoms with Crippen LogP contribution in [0.1, 0.15) is 18.1 Å². The van der Waals surface area contributed by atoms with Gasteiger partial charge < -0.3 is 9.47 Å². The third kappa shape index (κ3) is 2.31. The standard InChI is InChI=1S/C13H15FO2/c1-2-15-7-6-10-8-16-9-12-11(10)4-3-5-13(12)14/h3-6H,2,7-9H2,1H3/b10-6-. The van der Waals surface area contributed by atoms with Crippen LogP contribution >= 0.6 is 0 Å². The predicted octanol–water partition coefficient (Wildman–Crippen LogP) is 2.78. The molecule has 0 aromatic heterocycles. The fourth-order valence-corrected chi connectivity index (χ4v) is 1.79.